The fourth-order valence-corrected chi connectivity index (χ4v) is 4.59. The lowest BCUT2D eigenvalue weighted by Crippen LogP contribution is -2.86. The molecule has 2 aliphatic heterocycles. The zero-order chi connectivity index (χ0) is 19.8. The Labute approximate surface area is 157 Å². The molecule has 3 rings (SSSR count). The molecule has 2 heterocycles. The van der Waals surface area contributed by atoms with E-state index in [-0.39, 0.29) is 37.6 Å². The Morgan fingerprint density at radius 3 is 2.41 bits per heavy atom. The van der Waals surface area contributed by atoms with E-state index in [1.54, 1.807) is 28.8 Å². The standard InChI is InChI=1S/C19H26F3N3O2/c1-23(2)10-16(27)25-15(11-26)17(14-6-4-3-5-7-14)18(25)12-24(13-18)9-8-19(20,21)22/h3-7,15,17,26H,8-13H2,1-2H3/t15-,17-/m1/s1. The van der Waals surface area contributed by atoms with Crippen LogP contribution < -0.4 is 0 Å². The summed E-state index contributed by atoms with van der Waals surface area (Å²) >= 11 is 0. The van der Waals surface area contributed by atoms with E-state index in [0.29, 0.717) is 13.1 Å². The minimum Gasteiger partial charge on any atom is -0.394 e. The van der Waals surface area contributed by atoms with Crippen molar-refractivity contribution in [2.45, 2.75) is 30.1 Å². The zero-order valence-corrected chi connectivity index (χ0v) is 15.6. The van der Waals surface area contributed by atoms with Crippen LogP contribution in [0.25, 0.3) is 0 Å². The molecule has 1 aromatic rings. The lowest BCUT2D eigenvalue weighted by atomic mass is 9.60. The van der Waals surface area contributed by atoms with Gasteiger partial charge in [-0.05, 0) is 19.7 Å². The minimum atomic E-state index is -4.19. The number of hydrogen-bond acceptors (Lipinski definition) is 4. The van der Waals surface area contributed by atoms with Crippen LogP contribution in [0.15, 0.2) is 30.3 Å². The first-order valence-corrected chi connectivity index (χ1v) is 9.10. The van der Waals surface area contributed by atoms with Gasteiger partial charge >= 0.3 is 6.18 Å². The molecule has 0 unspecified atom stereocenters. The van der Waals surface area contributed by atoms with E-state index in [0.717, 1.165) is 5.56 Å². The Kier molecular flexibility index (Phi) is 5.52. The van der Waals surface area contributed by atoms with Crippen molar-refractivity contribution >= 4 is 5.91 Å². The topological polar surface area (TPSA) is 47.0 Å². The first kappa shape index (κ1) is 20.1. The van der Waals surface area contributed by atoms with E-state index in [1.807, 2.05) is 30.3 Å². The first-order chi connectivity index (χ1) is 12.7. The Morgan fingerprint density at radius 2 is 1.89 bits per heavy atom. The second-order valence-electron chi connectivity index (χ2n) is 7.82. The van der Waals surface area contributed by atoms with Gasteiger partial charge in [0.05, 0.1) is 31.2 Å². The second kappa shape index (κ2) is 7.41. The maximum absolute atomic E-state index is 12.8. The van der Waals surface area contributed by atoms with Gasteiger partial charge in [-0.1, -0.05) is 30.3 Å². The van der Waals surface area contributed by atoms with Gasteiger partial charge in [-0.2, -0.15) is 13.2 Å². The van der Waals surface area contributed by atoms with E-state index >= 15 is 0 Å². The Bertz CT molecular complexity index is 660. The minimum absolute atomic E-state index is 0.0632. The van der Waals surface area contributed by atoms with Crippen LogP contribution in [0, 0.1) is 0 Å². The molecule has 150 valence electrons. The average Bonchev–Trinajstić information content (AvgIpc) is 2.51. The van der Waals surface area contributed by atoms with Gasteiger partial charge in [0.15, 0.2) is 0 Å². The van der Waals surface area contributed by atoms with Gasteiger partial charge < -0.3 is 14.9 Å². The summed E-state index contributed by atoms with van der Waals surface area (Å²) in [6, 6.07) is 9.28. The fourth-order valence-electron chi connectivity index (χ4n) is 4.59. The van der Waals surface area contributed by atoms with Crippen molar-refractivity contribution in [2.75, 3.05) is 46.9 Å². The van der Waals surface area contributed by atoms with Crippen LogP contribution >= 0.6 is 0 Å². The molecule has 0 aliphatic carbocycles. The summed E-state index contributed by atoms with van der Waals surface area (Å²) in [6.45, 7) is 0.786. The highest BCUT2D eigenvalue weighted by Gasteiger charge is 2.67. The first-order valence-electron chi connectivity index (χ1n) is 9.10. The third-order valence-corrected chi connectivity index (χ3v) is 5.55. The van der Waals surface area contributed by atoms with Gasteiger partial charge in [-0.3, -0.25) is 9.69 Å². The monoisotopic (exact) mass is 385 g/mol. The van der Waals surface area contributed by atoms with Gasteiger partial charge in [0.25, 0.3) is 0 Å². The SMILES string of the molecule is CN(C)CC(=O)N1[C@H](CO)[C@@H](c2ccccc2)C12CN(CCC(F)(F)F)C2. The van der Waals surface area contributed by atoms with Crippen LogP contribution in [-0.4, -0.2) is 90.4 Å². The molecule has 0 saturated carbocycles. The summed E-state index contributed by atoms with van der Waals surface area (Å²) in [5.74, 6) is -0.168. The number of carbonyl (C=O) groups is 1. The number of benzene rings is 1. The number of alkyl halides is 3. The van der Waals surface area contributed by atoms with Crippen LogP contribution in [0.4, 0.5) is 13.2 Å². The number of nitrogens with zero attached hydrogens (tertiary/aromatic N) is 3. The fraction of sp³-hybridized carbons (Fsp3) is 0.632. The van der Waals surface area contributed by atoms with Gasteiger partial charge in [0.2, 0.25) is 5.91 Å². The Hall–Kier alpha value is -1.64. The Morgan fingerprint density at radius 1 is 1.26 bits per heavy atom. The summed E-state index contributed by atoms with van der Waals surface area (Å²) in [5, 5.41) is 9.93. The lowest BCUT2D eigenvalue weighted by Gasteiger charge is -2.71. The Balaban J connectivity index is 1.80. The van der Waals surface area contributed by atoms with E-state index in [9.17, 15) is 23.1 Å². The number of rotatable bonds is 6. The van der Waals surface area contributed by atoms with Crippen molar-refractivity contribution in [3.8, 4) is 0 Å². The molecule has 1 aromatic carbocycles. The number of amides is 1. The quantitative estimate of drug-likeness (QED) is 0.807. The summed E-state index contributed by atoms with van der Waals surface area (Å²) in [4.78, 5) is 18.0. The smallest absolute Gasteiger partial charge is 0.390 e. The number of halogens is 3. The molecule has 0 bridgehead atoms. The van der Waals surface area contributed by atoms with Crippen molar-refractivity contribution in [1.29, 1.82) is 0 Å². The predicted molar refractivity (Wildman–Crippen MR) is 95.3 cm³/mol. The van der Waals surface area contributed by atoms with Crippen LogP contribution in [0.5, 0.6) is 0 Å². The van der Waals surface area contributed by atoms with E-state index in [4.69, 9.17) is 0 Å². The number of hydrogen-bond donors (Lipinski definition) is 1. The maximum Gasteiger partial charge on any atom is 0.390 e. The molecule has 1 N–H and O–H groups in total. The van der Waals surface area contributed by atoms with E-state index in [1.165, 1.54) is 0 Å². The zero-order valence-electron chi connectivity index (χ0n) is 15.6. The highest BCUT2D eigenvalue weighted by atomic mass is 19.4. The molecule has 0 aromatic heterocycles. The van der Waals surface area contributed by atoms with Gasteiger partial charge in [-0.15, -0.1) is 0 Å². The molecular formula is C19H26F3N3O2. The van der Waals surface area contributed by atoms with Gasteiger partial charge in [0, 0.05) is 25.6 Å². The molecular weight excluding hydrogens is 359 g/mol. The normalized spacial score (nSPS) is 24.8. The third kappa shape index (κ3) is 3.83. The van der Waals surface area contributed by atoms with Gasteiger partial charge in [0.1, 0.15) is 0 Å². The largest absolute Gasteiger partial charge is 0.394 e. The number of aliphatic hydroxyl groups is 1. The number of likely N-dealkylation sites (N-methyl/N-ethyl adjacent to an activating group) is 1. The number of carbonyl (C=O) groups excluding carboxylic acids is 1. The summed E-state index contributed by atoms with van der Waals surface area (Å²) in [5.41, 5.74) is 0.480. The maximum atomic E-state index is 12.8. The molecule has 1 amide bonds. The van der Waals surface area contributed by atoms with Crippen molar-refractivity contribution in [3.05, 3.63) is 35.9 Å². The molecule has 27 heavy (non-hydrogen) atoms. The van der Waals surface area contributed by atoms with Crippen LogP contribution in [0.2, 0.25) is 0 Å². The van der Waals surface area contributed by atoms with Crippen molar-refractivity contribution in [1.82, 2.24) is 14.7 Å². The molecule has 0 radical (unpaired) electrons. The predicted octanol–water partition coefficient (Wildman–Crippen LogP) is 1.54. The summed E-state index contributed by atoms with van der Waals surface area (Å²) in [6.07, 6.45) is -5.04. The molecule has 2 saturated heterocycles. The second-order valence-corrected chi connectivity index (χ2v) is 7.82. The summed E-state index contributed by atoms with van der Waals surface area (Å²) < 4.78 is 37.6. The average molecular weight is 385 g/mol. The van der Waals surface area contributed by atoms with E-state index < -0.39 is 18.1 Å². The van der Waals surface area contributed by atoms with E-state index in [2.05, 4.69) is 0 Å². The molecule has 2 fully saturated rings. The van der Waals surface area contributed by atoms with Crippen molar-refractivity contribution in [3.63, 3.8) is 0 Å². The summed E-state index contributed by atoms with van der Waals surface area (Å²) in [7, 11) is 3.59. The highest BCUT2D eigenvalue weighted by molar-refractivity contribution is 5.82. The molecule has 2 aliphatic rings. The molecule has 8 heteroatoms. The highest BCUT2D eigenvalue weighted by Crippen LogP contribution is 2.53. The van der Waals surface area contributed by atoms with Crippen molar-refractivity contribution < 1.29 is 23.1 Å². The number of aliphatic hydroxyl groups excluding tert-OH is 1. The number of likely N-dealkylation sites (tertiary alicyclic amines) is 2. The van der Waals surface area contributed by atoms with Crippen molar-refractivity contribution in [2.24, 2.45) is 0 Å². The van der Waals surface area contributed by atoms with Gasteiger partial charge in [-0.25, -0.2) is 0 Å². The van der Waals surface area contributed by atoms with Crippen LogP contribution in [0.3, 0.4) is 0 Å². The van der Waals surface area contributed by atoms with Crippen LogP contribution in [-0.2, 0) is 4.79 Å². The molecule has 2 atom stereocenters. The third-order valence-electron chi connectivity index (χ3n) is 5.55. The van der Waals surface area contributed by atoms with Crippen LogP contribution in [0.1, 0.15) is 17.9 Å². The lowest BCUT2D eigenvalue weighted by molar-refractivity contribution is -0.206. The molecule has 1 spiro atoms. The molecule has 5 nitrogen and oxygen atoms in total.